The zero-order valence-corrected chi connectivity index (χ0v) is 15.4. The van der Waals surface area contributed by atoms with E-state index in [-0.39, 0.29) is 11.6 Å². The second-order valence-corrected chi connectivity index (χ2v) is 8.56. The van der Waals surface area contributed by atoms with Gasteiger partial charge in [-0.2, -0.15) is 23.5 Å². The summed E-state index contributed by atoms with van der Waals surface area (Å²) in [6.07, 6.45) is 1.46. The van der Waals surface area contributed by atoms with Crippen molar-refractivity contribution in [3.63, 3.8) is 0 Å². The molecule has 1 aromatic carbocycles. The molecule has 0 amide bonds. The van der Waals surface area contributed by atoms with Crippen LogP contribution in [0.15, 0.2) is 16.6 Å². The van der Waals surface area contributed by atoms with Crippen molar-refractivity contribution in [2.45, 2.75) is 36.3 Å². The Balaban J connectivity index is 2.21. The van der Waals surface area contributed by atoms with Gasteiger partial charge in [0.05, 0.1) is 4.47 Å². The quantitative estimate of drug-likeness (QED) is 0.737. The van der Waals surface area contributed by atoms with Crippen LogP contribution in [0.5, 0.6) is 0 Å². The Hall–Kier alpha value is 0.220. The molecule has 6 heteroatoms. The van der Waals surface area contributed by atoms with E-state index in [1.807, 2.05) is 30.6 Å². The molecule has 0 saturated carbocycles. The molecule has 0 spiro atoms. The van der Waals surface area contributed by atoms with Crippen LogP contribution < -0.4 is 5.32 Å². The van der Waals surface area contributed by atoms with E-state index in [4.69, 9.17) is 0 Å². The van der Waals surface area contributed by atoms with E-state index in [1.54, 1.807) is 0 Å². The smallest absolute Gasteiger partial charge is 0.143 e. The summed E-state index contributed by atoms with van der Waals surface area (Å²) >= 11 is 7.05. The number of rotatable bonds is 5. The Labute approximate surface area is 142 Å². The van der Waals surface area contributed by atoms with Gasteiger partial charge in [-0.25, -0.2) is 8.78 Å². The number of thioether (sulfide) groups is 2. The van der Waals surface area contributed by atoms with Crippen molar-refractivity contribution in [1.82, 2.24) is 5.32 Å². The Morgan fingerprint density at radius 2 is 2.05 bits per heavy atom. The van der Waals surface area contributed by atoms with Gasteiger partial charge in [0.15, 0.2) is 0 Å². The predicted molar refractivity (Wildman–Crippen MR) is 93.4 cm³/mol. The molecule has 1 aliphatic rings. The van der Waals surface area contributed by atoms with Gasteiger partial charge in [0, 0.05) is 33.6 Å². The molecular weight excluding hydrogens is 376 g/mol. The Kier molecular flexibility index (Phi) is 6.84. The highest BCUT2D eigenvalue weighted by molar-refractivity contribution is 9.10. The lowest BCUT2D eigenvalue weighted by atomic mass is 9.99. The number of hydrogen-bond donors (Lipinski definition) is 1. The number of halogens is 3. The van der Waals surface area contributed by atoms with Crippen LogP contribution in [0, 0.1) is 11.6 Å². The summed E-state index contributed by atoms with van der Waals surface area (Å²) in [7, 11) is 1.88. The van der Waals surface area contributed by atoms with E-state index in [1.165, 1.54) is 12.1 Å². The monoisotopic (exact) mass is 395 g/mol. The van der Waals surface area contributed by atoms with Crippen molar-refractivity contribution >= 4 is 39.5 Å². The molecule has 0 bridgehead atoms. The van der Waals surface area contributed by atoms with E-state index in [0.717, 1.165) is 17.9 Å². The number of hydrogen-bond acceptors (Lipinski definition) is 3. The summed E-state index contributed by atoms with van der Waals surface area (Å²) in [6.45, 7) is 2.18. The lowest BCUT2D eigenvalue weighted by molar-refractivity contribution is 0.481. The molecule has 1 aliphatic heterocycles. The van der Waals surface area contributed by atoms with Gasteiger partial charge in [-0.1, -0.05) is 6.92 Å². The van der Waals surface area contributed by atoms with E-state index in [0.29, 0.717) is 21.4 Å². The second kappa shape index (κ2) is 8.18. The van der Waals surface area contributed by atoms with Crippen LogP contribution in [0.4, 0.5) is 8.78 Å². The largest absolute Gasteiger partial charge is 0.316 e. The summed E-state index contributed by atoms with van der Waals surface area (Å²) in [5.41, 5.74) is 0.176. The highest BCUT2D eigenvalue weighted by Crippen LogP contribution is 2.36. The van der Waals surface area contributed by atoms with E-state index < -0.39 is 11.6 Å². The zero-order chi connectivity index (χ0) is 15.4. The molecule has 21 heavy (non-hydrogen) atoms. The van der Waals surface area contributed by atoms with Gasteiger partial charge in [-0.05, 0) is 48.0 Å². The maximum atomic E-state index is 14.2. The van der Waals surface area contributed by atoms with Gasteiger partial charge >= 0.3 is 0 Å². The normalized spacial score (nSPS) is 24.0. The summed E-state index contributed by atoms with van der Waals surface area (Å²) in [6, 6.07) is 2.82. The van der Waals surface area contributed by atoms with Crippen molar-refractivity contribution in [3.05, 3.63) is 33.8 Å². The average molecular weight is 396 g/mol. The van der Waals surface area contributed by atoms with Crippen molar-refractivity contribution in [1.29, 1.82) is 0 Å². The molecule has 1 saturated heterocycles. The average Bonchev–Trinajstić information content (AvgIpc) is 2.51. The van der Waals surface area contributed by atoms with Gasteiger partial charge in [-0.15, -0.1) is 0 Å². The molecule has 1 heterocycles. The van der Waals surface area contributed by atoms with Gasteiger partial charge in [0.1, 0.15) is 11.6 Å². The maximum absolute atomic E-state index is 14.2. The van der Waals surface area contributed by atoms with Crippen LogP contribution in [0.2, 0.25) is 0 Å². The third-order valence-electron chi connectivity index (χ3n) is 3.82. The third kappa shape index (κ3) is 4.15. The van der Waals surface area contributed by atoms with Crippen molar-refractivity contribution in [2.24, 2.45) is 0 Å². The fraction of sp³-hybridized carbons (Fsp3) is 0.600. The van der Waals surface area contributed by atoms with Crippen LogP contribution in [-0.2, 0) is 6.42 Å². The van der Waals surface area contributed by atoms with Crippen LogP contribution >= 0.6 is 39.5 Å². The molecule has 1 N–H and O–H groups in total. The SMILES string of the molecule is CCC1SCCSC1C(Cc1c(F)ccc(Br)c1F)NC. The first kappa shape index (κ1) is 17.6. The second-order valence-electron chi connectivity index (χ2n) is 5.07. The van der Waals surface area contributed by atoms with Crippen LogP contribution in [0.3, 0.4) is 0 Å². The first-order chi connectivity index (χ1) is 10.1. The Morgan fingerprint density at radius 3 is 2.71 bits per heavy atom. The molecule has 3 unspecified atom stereocenters. The van der Waals surface area contributed by atoms with Crippen molar-refractivity contribution in [2.75, 3.05) is 18.6 Å². The van der Waals surface area contributed by atoms with E-state index >= 15 is 0 Å². The summed E-state index contributed by atoms with van der Waals surface area (Å²) in [5.74, 6) is 1.33. The molecule has 1 aromatic rings. The minimum absolute atomic E-state index is 0.0750. The van der Waals surface area contributed by atoms with Crippen LogP contribution in [0.1, 0.15) is 18.9 Å². The van der Waals surface area contributed by atoms with E-state index in [9.17, 15) is 8.78 Å². The minimum atomic E-state index is -0.475. The van der Waals surface area contributed by atoms with Gasteiger partial charge in [0.25, 0.3) is 0 Å². The molecule has 1 fully saturated rings. The fourth-order valence-electron chi connectivity index (χ4n) is 2.67. The highest BCUT2D eigenvalue weighted by atomic mass is 79.9. The van der Waals surface area contributed by atoms with Crippen molar-refractivity contribution in [3.8, 4) is 0 Å². The van der Waals surface area contributed by atoms with Gasteiger partial charge < -0.3 is 5.32 Å². The first-order valence-corrected chi connectivity index (χ1v) is 10.00. The number of nitrogens with one attached hydrogen (secondary N) is 1. The molecular formula is C15H20BrF2NS2. The zero-order valence-electron chi connectivity index (χ0n) is 12.2. The molecule has 0 radical (unpaired) electrons. The summed E-state index contributed by atoms with van der Waals surface area (Å²) in [4.78, 5) is 0. The Morgan fingerprint density at radius 1 is 1.33 bits per heavy atom. The number of benzene rings is 1. The fourth-order valence-corrected chi connectivity index (χ4v) is 6.34. The molecule has 0 aliphatic carbocycles. The molecule has 1 nitrogen and oxygen atoms in total. The third-order valence-corrected chi connectivity index (χ3v) is 7.84. The Bertz CT molecular complexity index is 487. The summed E-state index contributed by atoms with van der Waals surface area (Å²) in [5, 5.41) is 4.20. The molecule has 2 rings (SSSR count). The van der Waals surface area contributed by atoms with Gasteiger partial charge in [-0.3, -0.25) is 0 Å². The van der Waals surface area contributed by atoms with E-state index in [2.05, 4.69) is 28.2 Å². The standard InChI is InChI=1S/C15H20BrF2NS2/c1-3-13-15(21-7-6-20-13)12(19-2)8-9-11(17)5-4-10(16)14(9)18/h4-5,12-13,15,19H,3,6-8H2,1-2H3. The topological polar surface area (TPSA) is 12.0 Å². The molecule has 3 atom stereocenters. The van der Waals surface area contributed by atoms with Gasteiger partial charge in [0.2, 0.25) is 0 Å². The molecule has 118 valence electrons. The van der Waals surface area contributed by atoms with Crippen molar-refractivity contribution < 1.29 is 8.78 Å². The summed E-state index contributed by atoms with van der Waals surface area (Å²) < 4.78 is 28.5. The highest BCUT2D eigenvalue weighted by Gasteiger charge is 2.32. The first-order valence-electron chi connectivity index (χ1n) is 7.11. The molecule has 0 aromatic heterocycles. The number of likely N-dealkylation sites (N-methyl/N-ethyl adjacent to an activating group) is 1. The predicted octanol–water partition coefficient (Wildman–Crippen LogP) is 4.49. The van der Waals surface area contributed by atoms with Crippen LogP contribution in [0.25, 0.3) is 0 Å². The van der Waals surface area contributed by atoms with Crippen LogP contribution in [-0.4, -0.2) is 35.1 Å². The lowest BCUT2D eigenvalue weighted by Gasteiger charge is -2.36. The lowest BCUT2D eigenvalue weighted by Crippen LogP contribution is -2.45. The minimum Gasteiger partial charge on any atom is -0.316 e. The maximum Gasteiger partial charge on any atom is 0.143 e.